The standard InChI is InChI=1S/C20H26N4O3/c1-26-17-7-5-15(6-8-17)11-12-21-20(25)16-4-3-13-24(14-16)18-9-10-19(27-2)23-22-18/h5-10,16H,3-4,11-14H2,1-2H3,(H,21,25)/t16-/m1/s1. The highest BCUT2D eigenvalue weighted by Crippen LogP contribution is 2.22. The maximum Gasteiger partial charge on any atom is 0.233 e. The molecule has 1 atom stereocenters. The number of nitrogens with zero attached hydrogens (tertiary/aromatic N) is 3. The summed E-state index contributed by atoms with van der Waals surface area (Å²) in [5, 5.41) is 11.3. The first-order chi connectivity index (χ1) is 13.2. The molecule has 2 aromatic rings. The quantitative estimate of drug-likeness (QED) is 0.804. The Morgan fingerprint density at radius 3 is 2.63 bits per heavy atom. The molecule has 1 aliphatic heterocycles. The van der Waals surface area contributed by atoms with Gasteiger partial charge in [0.2, 0.25) is 11.8 Å². The number of carbonyl (C=O) groups is 1. The number of ether oxygens (including phenoxy) is 2. The highest BCUT2D eigenvalue weighted by atomic mass is 16.5. The van der Waals surface area contributed by atoms with E-state index in [0.29, 0.717) is 19.0 Å². The van der Waals surface area contributed by atoms with Crippen LogP contribution in [-0.2, 0) is 11.2 Å². The maximum atomic E-state index is 12.6. The Morgan fingerprint density at radius 2 is 1.96 bits per heavy atom. The van der Waals surface area contributed by atoms with Crippen LogP contribution in [0.4, 0.5) is 5.82 Å². The second kappa shape index (κ2) is 9.21. The van der Waals surface area contributed by atoms with Crippen LogP contribution in [0, 0.1) is 5.92 Å². The Morgan fingerprint density at radius 1 is 1.15 bits per heavy atom. The van der Waals surface area contributed by atoms with Gasteiger partial charge in [0.05, 0.1) is 20.1 Å². The van der Waals surface area contributed by atoms with Crippen LogP contribution in [0.1, 0.15) is 18.4 Å². The Bertz CT molecular complexity index is 734. The van der Waals surface area contributed by atoms with Crippen molar-refractivity contribution in [2.24, 2.45) is 5.92 Å². The number of amides is 1. The summed E-state index contributed by atoms with van der Waals surface area (Å²) in [6.45, 7) is 2.18. The molecule has 27 heavy (non-hydrogen) atoms. The van der Waals surface area contributed by atoms with E-state index in [2.05, 4.69) is 20.4 Å². The van der Waals surface area contributed by atoms with E-state index in [1.165, 1.54) is 5.56 Å². The lowest BCUT2D eigenvalue weighted by Gasteiger charge is -2.32. The van der Waals surface area contributed by atoms with Crippen LogP contribution >= 0.6 is 0 Å². The summed E-state index contributed by atoms with van der Waals surface area (Å²) in [6.07, 6.45) is 2.66. The van der Waals surface area contributed by atoms with Crippen molar-refractivity contribution in [3.8, 4) is 11.6 Å². The second-order valence-corrected chi connectivity index (χ2v) is 6.61. The number of rotatable bonds is 7. The zero-order valence-corrected chi connectivity index (χ0v) is 15.9. The number of aromatic nitrogens is 2. The van der Waals surface area contributed by atoms with Gasteiger partial charge in [-0.05, 0) is 43.0 Å². The molecule has 1 saturated heterocycles. The third-order valence-corrected chi connectivity index (χ3v) is 4.82. The summed E-state index contributed by atoms with van der Waals surface area (Å²) >= 11 is 0. The normalized spacial score (nSPS) is 16.7. The molecule has 0 saturated carbocycles. The zero-order valence-electron chi connectivity index (χ0n) is 15.9. The summed E-state index contributed by atoms with van der Waals surface area (Å²) < 4.78 is 10.2. The van der Waals surface area contributed by atoms with Crippen LogP contribution in [0.2, 0.25) is 0 Å². The minimum atomic E-state index is -0.0291. The van der Waals surface area contributed by atoms with Crippen LogP contribution in [0.5, 0.6) is 11.6 Å². The molecule has 2 heterocycles. The summed E-state index contributed by atoms with van der Waals surface area (Å²) in [4.78, 5) is 14.7. The van der Waals surface area contributed by atoms with E-state index >= 15 is 0 Å². The molecule has 0 unspecified atom stereocenters. The van der Waals surface area contributed by atoms with Crippen LogP contribution in [0.15, 0.2) is 36.4 Å². The predicted octanol–water partition coefficient (Wildman–Crippen LogP) is 2.07. The van der Waals surface area contributed by atoms with E-state index in [1.54, 1.807) is 20.3 Å². The summed E-state index contributed by atoms with van der Waals surface area (Å²) in [7, 11) is 3.22. The van der Waals surface area contributed by atoms with E-state index in [0.717, 1.165) is 37.4 Å². The lowest BCUT2D eigenvalue weighted by Crippen LogP contribution is -2.43. The highest BCUT2D eigenvalue weighted by Gasteiger charge is 2.26. The molecule has 1 aromatic heterocycles. The molecule has 1 aliphatic rings. The van der Waals surface area contributed by atoms with Gasteiger partial charge in [-0.3, -0.25) is 4.79 Å². The van der Waals surface area contributed by atoms with Gasteiger partial charge in [-0.2, -0.15) is 0 Å². The molecular weight excluding hydrogens is 344 g/mol. The summed E-state index contributed by atoms with van der Waals surface area (Å²) in [6, 6.07) is 11.6. The van der Waals surface area contributed by atoms with Crippen molar-refractivity contribution in [2.75, 3.05) is 38.8 Å². The third kappa shape index (κ3) is 5.09. The van der Waals surface area contributed by atoms with Crippen molar-refractivity contribution in [1.82, 2.24) is 15.5 Å². The Labute approximate surface area is 159 Å². The van der Waals surface area contributed by atoms with Crippen molar-refractivity contribution >= 4 is 11.7 Å². The zero-order chi connectivity index (χ0) is 19.1. The molecule has 0 radical (unpaired) electrons. The van der Waals surface area contributed by atoms with Crippen LogP contribution in [0.25, 0.3) is 0 Å². The molecule has 3 rings (SSSR count). The van der Waals surface area contributed by atoms with Gasteiger partial charge in [0.15, 0.2) is 5.82 Å². The molecule has 7 heteroatoms. The monoisotopic (exact) mass is 370 g/mol. The molecule has 1 amide bonds. The number of methoxy groups -OCH3 is 2. The molecule has 0 spiro atoms. The lowest BCUT2D eigenvalue weighted by molar-refractivity contribution is -0.125. The van der Waals surface area contributed by atoms with Crippen molar-refractivity contribution in [1.29, 1.82) is 0 Å². The molecule has 0 bridgehead atoms. The molecule has 0 aliphatic carbocycles. The van der Waals surface area contributed by atoms with Gasteiger partial charge in [0.1, 0.15) is 5.75 Å². The Kier molecular flexibility index (Phi) is 6.46. The van der Waals surface area contributed by atoms with Crippen LogP contribution in [0.3, 0.4) is 0 Å². The van der Waals surface area contributed by atoms with E-state index in [-0.39, 0.29) is 11.8 Å². The molecule has 1 fully saturated rings. The van der Waals surface area contributed by atoms with Crippen molar-refractivity contribution in [3.63, 3.8) is 0 Å². The lowest BCUT2D eigenvalue weighted by atomic mass is 9.97. The van der Waals surface area contributed by atoms with Crippen LogP contribution < -0.4 is 19.7 Å². The van der Waals surface area contributed by atoms with Gasteiger partial charge in [-0.15, -0.1) is 10.2 Å². The number of hydrogen-bond acceptors (Lipinski definition) is 6. The average molecular weight is 370 g/mol. The molecule has 7 nitrogen and oxygen atoms in total. The number of anilines is 1. The van der Waals surface area contributed by atoms with Crippen molar-refractivity contribution < 1.29 is 14.3 Å². The van der Waals surface area contributed by atoms with E-state index in [1.807, 2.05) is 30.3 Å². The minimum absolute atomic E-state index is 0.0291. The summed E-state index contributed by atoms with van der Waals surface area (Å²) in [5.74, 6) is 2.19. The van der Waals surface area contributed by atoms with E-state index < -0.39 is 0 Å². The SMILES string of the molecule is COc1ccc(CCNC(=O)[C@@H]2CCCN(c3ccc(OC)nn3)C2)cc1. The van der Waals surface area contributed by atoms with Gasteiger partial charge in [-0.1, -0.05) is 12.1 Å². The van der Waals surface area contributed by atoms with Gasteiger partial charge in [0.25, 0.3) is 0 Å². The highest BCUT2D eigenvalue weighted by molar-refractivity contribution is 5.79. The van der Waals surface area contributed by atoms with Gasteiger partial charge >= 0.3 is 0 Å². The third-order valence-electron chi connectivity index (χ3n) is 4.82. The number of nitrogens with one attached hydrogen (secondary N) is 1. The fourth-order valence-corrected chi connectivity index (χ4v) is 3.26. The fourth-order valence-electron chi connectivity index (χ4n) is 3.26. The number of piperidine rings is 1. The Hall–Kier alpha value is -2.83. The smallest absolute Gasteiger partial charge is 0.233 e. The first-order valence-electron chi connectivity index (χ1n) is 9.23. The Balaban J connectivity index is 1.48. The van der Waals surface area contributed by atoms with Gasteiger partial charge < -0.3 is 19.7 Å². The molecule has 144 valence electrons. The molecular formula is C20H26N4O3. The first kappa shape index (κ1) is 18.9. The maximum absolute atomic E-state index is 12.6. The largest absolute Gasteiger partial charge is 0.497 e. The fraction of sp³-hybridized carbons (Fsp3) is 0.450. The topological polar surface area (TPSA) is 76.6 Å². The molecule has 1 aromatic carbocycles. The van der Waals surface area contributed by atoms with E-state index in [9.17, 15) is 4.79 Å². The van der Waals surface area contributed by atoms with Crippen LogP contribution in [-0.4, -0.2) is 50.0 Å². The van der Waals surface area contributed by atoms with Crippen molar-refractivity contribution in [3.05, 3.63) is 42.0 Å². The average Bonchev–Trinajstić information content (AvgIpc) is 2.74. The summed E-state index contributed by atoms with van der Waals surface area (Å²) in [5.41, 5.74) is 1.18. The predicted molar refractivity (Wildman–Crippen MR) is 103 cm³/mol. The molecule has 1 N–H and O–H groups in total. The number of benzene rings is 1. The second-order valence-electron chi connectivity index (χ2n) is 6.61. The number of hydrogen-bond donors (Lipinski definition) is 1. The number of carbonyl (C=O) groups excluding carboxylic acids is 1. The van der Waals surface area contributed by atoms with Gasteiger partial charge in [-0.25, -0.2) is 0 Å². The first-order valence-corrected chi connectivity index (χ1v) is 9.23. The van der Waals surface area contributed by atoms with E-state index in [4.69, 9.17) is 9.47 Å². The minimum Gasteiger partial charge on any atom is -0.497 e. The van der Waals surface area contributed by atoms with Crippen molar-refractivity contribution in [2.45, 2.75) is 19.3 Å². The van der Waals surface area contributed by atoms with Gasteiger partial charge in [0, 0.05) is 25.7 Å².